The number of nitrogens with one attached hydrogen (secondary N) is 2. The van der Waals surface area contributed by atoms with Crippen LogP contribution in [0.25, 0.3) is 0 Å². The number of carbonyl (C=O) groups excluding carboxylic acids is 2. The Kier molecular flexibility index (Phi) is 5.91. The molecule has 2 aliphatic rings. The second-order valence-corrected chi connectivity index (χ2v) is 7.74. The van der Waals surface area contributed by atoms with Gasteiger partial charge in [0.15, 0.2) is 5.17 Å². The number of rotatable bonds is 5. The number of nitrogens with zero attached hydrogens (tertiary/aromatic N) is 1. The topological polar surface area (TPSA) is 79.8 Å². The molecule has 128 valence electrons. The van der Waals surface area contributed by atoms with E-state index >= 15 is 0 Å². The minimum absolute atomic E-state index is 0.117. The Balaban J connectivity index is 1.49. The average molecular weight is 412 g/mol. The molecule has 1 aromatic rings. The fourth-order valence-corrected chi connectivity index (χ4v) is 3.74. The molecule has 0 aromatic heterocycles. The van der Waals surface area contributed by atoms with E-state index in [1.54, 1.807) is 12.1 Å². The lowest BCUT2D eigenvalue weighted by Gasteiger charge is -2.07. The first kappa shape index (κ1) is 17.4. The van der Waals surface area contributed by atoms with Gasteiger partial charge >= 0.3 is 0 Å². The third kappa shape index (κ3) is 4.81. The standard InChI is InChI=1S/C16H18BrN3O3S/c17-10-3-5-11(6-4-10)19-14(21)8-13-15(22)20-16(24-13)18-9-12-2-1-7-23-12/h3-6,12-13H,1-2,7-9H2,(H,19,21)(H,18,20,22)/t12-,13+/m1/s1. The number of aliphatic imine (C=N–C) groups is 1. The number of benzene rings is 1. The summed E-state index contributed by atoms with van der Waals surface area (Å²) in [7, 11) is 0. The number of thioether (sulfide) groups is 1. The summed E-state index contributed by atoms with van der Waals surface area (Å²) in [4.78, 5) is 28.5. The molecule has 0 radical (unpaired) electrons. The largest absolute Gasteiger partial charge is 0.376 e. The van der Waals surface area contributed by atoms with E-state index in [-0.39, 0.29) is 24.3 Å². The van der Waals surface area contributed by atoms with Crippen molar-refractivity contribution in [3.05, 3.63) is 28.7 Å². The maximum Gasteiger partial charge on any atom is 0.240 e. The van der Waals surface area contributed by atoms with Crippen molar-refractivity contribution >= 4 is 50.4 Å². The molecule has 2 aliphatic heterocycles. The molecule has 3 rings (SSSR count). The Morgan fingerprint density at radius 2 is 2.21 bits per heavy atom. The molecule has 2 N–H and O–H groups in total. The van der Waals surface area contributed by atoms with Crippen LogP contribution in [-0.2, 0) is 14.3 Å². The maximum atomic E-state index is 12.1. The minimum atomic E-state index is -0.441. The zero-order chi connectivity index (χ0) is 16.9. The molecule has 0 unspecified atom stereocenters. The third-order valence-electron chi connectivity index (χ3n) is 3.74. The van der Waals surface area contributed by atoms with Gasteiger partial charge in [-0.05, 0) is 37.1 Å². The van der Waals surface area contributed by atoms with E-state index in [2.05, 4.69) is 31.6 Å². The summed E-state index contributed by atoms with van der Waals surface area (Å²) in [5.41, 5.74) is 0.707. The van der Waals surface area contributed by atoms with Crippen molar-refractivity contribution in [2.75, 3.05) is 18.5 Å². The second kappa shape index (κ2) is 8.13. The molecule has 2 saturated heterocycles. The van der Waals surface area contributed by atoms with Gasteiger partial charge in [-0.3, -0.25) is 14.6 Å². The molecular weight excluding hydrogens is 394 g/mol. The number of hydrogen-bond donors (Lipinski definition) is 2. The van der Waals surface area contributed by atoms with Crippen LogP contribution in [0.15, 0.2) is 33.7 Å². The molecule has 1 aromatic carbocycles. The zero-order valence-corrected chi connectivity index (χ0v) is 15.4. The van der Waals surface area contributed by atoms with Gasteiger partial charge < -0.3 is 15.4 Å². The Labute approximate surface area is 152 Å². The van der Waals surface area contributed by atoms with E-state index in [9.17, 15) is 9.59 Å². The van der Waals surface area contributed by atoms with Crippen LogP contribution in [0.4, 0.5) is 5.69 Å². The fraction of sp³-hybridized carbons (Fsp3) is 0.438. The lowest BCUT2D eigenvalue weighted by Crippen LogP contribution is -2.28. The molecule has 8 heteroatoms. The predicted octanol–water partition coefficient (Wildman–Crippen LogP) is 2.54. The molecule has 0 bridgehead atoms. The SMILES string of the molecule is O=C(C[C@@H]1SC(=NC[C@H]2CCCO2)NC1=O)Nc1ccc(Br)cc1. The number of carbonyl (C=O) groups is 2. The smallest absolute Gasteiger partial charge is 0.240 e. The molecule has 2 fully saturated rings. The second-order valence-electron chi connectivity index (χ2n) is 5.64. The van der Waals surface area contributed by atoms with E-state index in [0.29, 0.717) is 17.4 Å². The first-order valence-corrected chi connectivity index (χ1v) is 9.46. The van der Waals surface area contributed by atoms with Crippen LogP contribution < -0.4 is 10.6 Å². The van der Waals surface area contributed by atoms with Crippen LogP contribution in [0.5, 0.6) is 0 Å². The van der Waals surface area contributed by atoms with Gasteiger partial charge in [-0.2, -0.15) is 0 Å². The van der Waals surface area contributed by atoms with Gasteiger partial charge in [-0.1, -0.05) is 27.7 Å². The lowest BCUT2D eigenvalue weighted by atomic mass is 10.2. The van der Waals surface area contributed by atoms with Crippen molar-refractivity contribution in [1.29, 1.82) is 0 Å². The first-order valence-electron chi connectivity index (χ1n) is 7.79. The Morgan fingerprint density at radius 3 is 2.92 bits per heavy atom. The van der Waals surface area contributed by atoms with E-state index in [0.717, 1.165) is 23.9 Å². The van der Waals surface area contributed by atoms with Crippen LogP contribution in [-0.4, -0.2) is 41.5 Å². The van der Waals surface area contributed by atoms with Crippen molar-refractivity contribution in [2.45, 2.75) is 30.6 Å². The summed E-state index contributed by atoms with van der Waals surface area (Å²) in [6.07, 6.45) is 2.34. The van der Waals surface area contributed by atoms with Crippen molar-refractivity contribution in [2.24, 2.45) is 4.99 Å². The van der Waals surface area contributed by atoms with Crippen molar-refractivity contribution < 1.29 is 14.3 Å². The zero-order valence-electron chi connectivity index (χ0n) is 13.0. The predicted molar refractivity (Wildman–Crippen MR) is 98.2 cm³/mol. The molecule has 2 heterocycles. The Morgan fingerprint density at radius 1 is 1.42 bits per heavy atom. The molecule has 0 spiro atoms. The van der Waals surface area contributed by atoms with E-state index in [4.69, 9.17) is 4.74 Å². The molecule has 0 saturated carbocycles. The third-order valence-corrected chi connectivity index (χ3v) is 5.39. The van der Waals surface area contributed by atoms with Crippen molar-refractivity contribution in [1.82, 2.24) is 5.32 Å². The monoisotopic (exact) mass is 411 g/mol. The molecular formula is C16H18BrN3O3S. The summed E-state index contributed by atoms with van der Waals surface area (Å²) in [5, 5.41) is 5.67. The van der Waals surface area contributed by atoms with E-state index in [1.165, 1.54) is 11.8 Å². The van der Waals surface area contributed by atoms with Crippen LogP contribution in [0.3, 0.4) is 0 Å². The lowest BCUT2D eigenvalue weighted by molar-refractivity contribution is -0.122. The summed E-state index contributed by atoms with van der Waals surface area (Å²) >= 11 is 4.65. The highest BCUT2D eigenvalue weighted by Gasteiger charge is 2.32. The normalized spacial score (nSPS) is 25.0. The number of ether oxygens (including phenoxy) is 1. The van der Waals surface area contributed by atoms with Gasteiger partial charge in [0.1, 0.15) is 5.25 Å². The number of halogens is 1. The number of hydrogen-bond acceptors (Lipinski definition) is 5. The molecule has 2 atom stereocenters. The van der Waals surface area contributed by atoms with Crippen molar-refractivity contribution in [3.63, 3.8) is 0 Å². The van der Waals surface area contributed by atoms with Gasteiger partial charge in [-0.25, -0.2) is 0 Å². The van der Waals surface area contributed by atoms with E-state index in [1.807, 2.05) is 12.1 Å². The van der Waals surface area contributed by atoms with Crippen LogP contribution in [0, 0.1) is 0 Å². The summed E-state index contributed by atoms with van der Waals surface area (Å²) in [6.45, 7) is 1.34. The van der Waals surface area contributed by atoms with Crippen LogP contribution in [0.1, 0.15) is 19.3 Å². The summed E-state index contributed by atoms with van der Waals surface area (Å²) in [5.74, 6) is -0.359. The molecule has 0 aliphatic carbocycles. The number of amides is 2. The van der Waals surface area contributed by atoms with Gasteiger partial charge in [0.25, 0.3) is 0 Å². The van der Waals surface area contributed by atoms with Gasteiger partial charge in [0.05, 0.1) is 12.6 Å². The Bertz CT molecular complexity index is 644. The summed E-state index contributed by atoms with van der Waals surface area (Å²) in [6, 6.07) is 7.31. The van der Waals surface area contributed by atoms with Crippen LogP contribution in [0.2, 0.25) is 0 Å². The quantitative estimate of drug-likeness (QED) is 0.779. The van der Waals surface area contributed by atoms with Gasteiger partial charge in [0.2, 0.25) is 11.8 Å². The van der Waals surface area contributed by atoms with Gasteiger partial charge in [-0.15, -0.1) is 0 Å². The van der Waals surface area contributed by atoms with Crippen molar-refractivity contribution in [3.8, 4) is 0 Å². The first-order chi connectivity index (χ1) is 11.6. The molecule has 24 heavy (non-hydrogen) atoms. The summed E-state index contributed by atoms with van der Waals surface area (Å²) < 4.78 is 6.45. The van der Waals surface area contributed by atoms with Gasteiger partial charge in [0, 0.05) is 23.2 Å². The number of amidine groups is 1. The van der Waals surface area contributed by atoms with E-state index < -0.39 is 5.25 Å². The Hall–Kier alpha value is -1.38. The average Bonchev–Trinajstić information content (AvgIpc) is 3.18. The maximum absolute atomic E-state index is 12.1. The number of anilines is 1. The minimum Gasteiger partial charge on any atom is -0.376 e. The fourth-order valence-electron chi connectivity index (χ4n) is 2.50. The van der Waals surface area contributed by atoms with Crippen LogP contribution >= 0.6 is 27.7 Å². The molecule has 6 nitrogen and oxygen atoms in total. The highest BCUT2D eigenvalue weighted by atomic mass is 79.9. The molecule has 2 amide bonds. The highest BCUT2D eigenvalue weighted by Crippen LogP contribution is 2.24. The highest BCUT2D eigenvalue weighted by molar-refractivity contribution is 9.10.